The Bertz CT molecular complexity index is 932. The number of hydrogen-bond acceptors (Lipinski definition) is 5. The van der Waals surface area contributed by atoms with Crippen LogP contribution in [0.3, 0.4) is 0 Å². The van der Waals surface area contributed by atoms with E-state index in [1.807, 2.05) is 42.8 Å². The van der Waals surface area contributed by atoms with Gasteiger partial charge in [0.1, 0.15) is 5.76 Å². The Kier molecular flexibility index (Phi) is 6.01. The summed E-state index contributed by atoms with van der Waals surface area (Å²) in [6.45, 7) is 6.20. The third kappa shape index (κ3) is 4.24. The molecule has 0 saturated carbocycles. The first-order valence-electron chi connectivity index (χ1n) is 8.96. The molecule has 3 rings (SSSR count). The highest BCUT2D eigenvalue weighted by Crippen LogP contribution is 2.28. The van der Waals surface area contributed by atoms with Crippen LogP contribution >= 0.6 is 11.8 Å². The van der Waals surface area contributed by atoms with Crippen molar-refractivity contribution in [2.24, 2.45) is 7.05 Å². The van der Waals surface area contributed by atoms with Gasteiger partial charge < -0.3 is 14.3 Å². The van der Waals surface area contributed by atoms with Crippen LogP contribution in [0.2, 0.25) is 0 Å². The van der Waals surface area contributed by atoms with Crippen molar-refractivity contribution in [1.29, 1.82) is 0 Å². The zero-order valence-electron chi connectivity index (χ0n) is 16.0. The number of aryl methyl sites for hydroxylation is 1. The summed E-state index contributed by atoms with van der Waals surface area (Å²) in [4.78, 5) is 12.4. The number of rotatable bonds is 7. The molecule has 0 aliphatic carbocycles. The zero-order valence-corrected chi connectivity index (χ0v) is 16.8. The smallest absolute Gasteiger partial charge is 0.234 e. The molecule has 27 heavy (non-hydrogen) atoms. The average Bonchev–Trinajstić information content (AvgIpc) is 3.25. The lowest BCUT2D eigenvalue weighted by atomic mass is 9.97. The van der Waals surface area contributed by atoms with Gasteiger partial charge in [-0.25, -0.2) is 0 Å². The largest absolute Gasteiger partial charge is 0.469 e. The van der Waals surface area contributed by atoms with Gasteiger partial charge in [-0.15, -0.1) is 10.2 Å². The molecule has 6 nitrogen and oxygen atoms in total. The summed E-state index contributed by atoms with van der Waals surface area (Å²) in [5.41, 5.74) is 2.95. The van der Waals surface area contributed by atoms with Crippen LogP contribution in [0.4, 0.5) is 5.69 Å². The van der Waals surface area contributed by atoms with E-state index >= 15 is 0 Å². The molecule has 2 aromatic heterocycles. The lowest BCUT2D eigenvalue weighted by Gasteiger charge is -2.15. The van der Waals surface area contributed by atoms with Gasteiger partial charge in [-0.2, -0.15) is 0 Å². The van der Waals surface area contributed by atoms with E-state index < -0.39 is 0 Å². The topological polar surface area (TPSA) is 73.0 Å². The van der Waals surface area contributed by atoms with E-state index in [1.165, 1.54) is 11.8 Å². The summed E-state index contributed by atoms with van der Waals surface area (Å²) in [6, 6.07) is 9.83. The Balaban J connectivity index is 1.66. The van der Waals surface area contributed by atoms with Crippen molar-refractivity contribution >= 4 is 23.4 Å². The summed E-state index contributed by atoms with van der Waals surface area (Å²) in [5, 5.41) is 12.2. The maximum absolute atomic E-state index is 12.4. The number of anilines is 1. The van der Waals surface area contributed by atoms with Crippen molar-refractivity contribution in [2.45, 2.75) is 38.3 Å². The Morgan fingerprint density at radius 1 is 1.30 bits per heavy atom. The second-order valence-corrected chi connectivity index (χ2v) is 7.43. The Morgan fingerprint density at radius 2 is 2.07 bits per heavy atom. The number of aromatic nitrogens is 3. The highest BCUT2D eigenvalue weighted by molar-refractivity contribution is 7.99. The molecule has 1 aromatic carbocycles. The SMILES string of the molecule is CC[C@@H](C)c1ccccc1NC(=O)CSc1nnc(-c2ccoc2C)n1C. The van der Waals surface area contributed by atoms with Crippen LogP contribution < -0.4 is 5.32 Å². The Hall–Kier alpha value is -2.54. The van der Waals surface area contributed by atoms with E-state index in [-0.39, 0.29) is 11.7 Å². The fourth-order valence-corrected chi connectivity index (χ4v) is 3.58. The molecule has 0 aliphatic rings. The number of carbonyl (C=O) groups excluding carboxylic acids is 1. The summed E-state index contributed by atoms with van der Waals surface area (Å²) < 4.78 is 7.21. The van der Waals surface area contributed by atoms with Gasteiger partial charge in [0, 0.05) is 12.7 Å². The van der Waals surface area contributed by atoms with E-state index in [1.54, 1.807) is 6.26 Å². The van der Waals surface area contributed by atoms with Crippen molar-refractivity contribution in [2.75, 3.05) is 11.1 Å². The molecule has 2 heterocycles. The zero-order chi connectivity index (χ0) is 19.4. The van der Waals surface area contributed by atoms with Crippen molar-refractivity contribution < 1.29 is 9.21 Å². The maximum Gasteiger partial charge on any atom is 0.234 e. The third-order valence-corrected chi connectivity index (χ3v) is 5.67. The van der Waals surface area contributed by atoms with Crippen LogP contribution in [0.1, 0.15) is 37.5 Å². The first-order chi connectivity index (χ1) is 13.0. The van der Waals surface area contributed by atoms with Crippen molar-refractivity contribution in [3.63, 3.8) is 0 Å². The van der Waals surface area contributed by atoms with Gasteiger partial charge in [0.05, 0.1) is 17.6 Å². The van der Waals surface area contributed by atoms with Crippen molar-refractivity contribution in [3.05, 3.63) is 47.9 Å². The molecule has 0 spiro atoms. The molecule has 0 saturated heterocycles. The molecule has 1 amide bonds. The average molecular weight is 385 g/mol. The minimum absolute atomic E-state index is 0.0557. The van der Waals surface area contributed by atoms with Crippen LogP contribution in [0, 0.1) is 6.92 Å². The number of amides is 1. The molecular weight excluding hydrogens is 360 g/mol. The number of para-hydroxylation sites is 1. The van der Waals surface area contributed by atoms with Gasteiger partial charge in [0.15, 0.2) is 11.0 Å². The molecule has 0 unspecified atom stereocenters. The minimum Gasteiger partial charge on any atom is -0.469 e. The van der Waals surface area contributed by atoms with Crippen LogP contribution in [0.15, 0.2) is 46.2 Å². The number of benzene rings is 1. The maximum atomic E-state index is 12.4. The van der Waals surface area contributed by atoms with E-state index in [0.717, 1.165) is 34.8 Å². The highest BCUT2D eigenvalue weighted by Gasteiger charge is 2.16. The molecule has 1 N–H and O–H groups in total. The summed E-state index contributed by atoms with van der Waals surface area (Å²) in [5.74, 6) is 2.13. The van der Waals surface area contributed by atoms with Gasteiger partial charge in [-0.1, -0.05) is 43.8 Å². The van der Waals surface area contributed by atoms with Crippen LogP contribution in [0.25, 0.3) is 11.4 Å². The van der Waals surface area contributed by atoms with Crippen LogP contribution in [0.5, 0.6) is 0 Å². The first-order valence-corrected chi connectivity index (χ1v) is 9.95. The van der Waals surface area contributed by atoms with Crippen LogP contribution in [-0.4, -0.2) is 26.4 Å². The number of nitrogens with one attached hydrogen (secondary N) is 1. The summed E-state index contributed by atoms with van der Waals surface area (Å²) in [6.07, 6.45) is 2.66. The number of thioether (sulfide) groups is 1. The highest BCUT2D eigenvalue weighted by atomic mass is 32.2. The first kappa shape index (κ1) is 19.2. The second kappa shape index (κ2) is 8.43. The van der Waals surface area contributed by atoms with Gasteiger partial charge >= 0.3 is 0 Å². The van der Waals surface area contributed by atoms with Crippen molar-refractivity contribution in [3.8, 4) is 11.4 Å². The van der Waals surface area contributed by atoms with E-state index in [4.69, 9.17) is 4.42 Å². The number of hydrogen-bond donors (Lipinski definition) is 1. The number of carbonyl (C=O) groups is 1. The Labute approximate surface area is 163 Å². The van der Waals surface area contributed by atoms with Crippen molar-refractivity contribution in [1.82, 2.24) is 14.8 Å². The monoisotopic (exact) mass is 384 g/mol. The molecule has 0 fully saturated rings. The van der Waals surface area contributed by atoms with E-state index in [9.17, 15) is 4.79 Å². The number of furan rings is 1. The standard InChI is InChI=1S/C20H24N4O2S/c1-5-13(2)15-8-6-7-9-17(15)21-18(25)12-27-20-23-22-19(24(20)4)16-10-11-26-14(16)3/h6-11,13H,5,12H2,1-4H3,(H,21,25)/t13-/m1/s1. The molecule has 1 atom stereocenters. The molecule has 0 bridgehead atoms. The molecule has 7 heteroatoms. The fraction of sp³-hybridized carbons (Fsp3) is 0.350. The Morgan fingerprint density at radius 3 is 2.78 bits per heavy atom. The predicted octanol–water partition coefficient (Wildman–Crippen LogP) is 4.63. The second-order valence-electron chi connectivity index (χ2n) is 6.49. The van der Waals surface area contributed by atoms with E-state index in [0.29, 0.717) is 11.1 Å². The van der Waals surface area contributed by atoms with E-state index in [2.05, 4.69) is 35.4 Å². The predicted molar refractivity (Wildman–Crippen MR) is 108 cm³/mol. The van der Waals surface area contributed by atoms with Gasteiger partial charge in [-0.3, -0.25) is 4.79 Å². The molecule has 3 aromatic rings. The summed E-state index contributed by atoms with van der Waals surface area (Å²) in [7, 11) is 1.89. The van der Waals surface area contributed by atoms with Gasteiger partial charge in [-0.05, 0) is 37.0 Å². The van der Waals surface area contributed by atoms with Gasteiger partial charge in [0.25, 0.3) is 0 Å². The number of nitrogens with zero attached hydrogens (tertiary/aromatic N) is 3. The molecule has 0 radical (unpaired) electrons. The molecule has 0 aliphatic heterocycles. The third-order valence-electron chi connectivity index (χ3n) is 4.65. The van der Waals surface area contributed by atoms with Crippen LogP contribution in [-0.2, 0) is 11.8 Å². The van der Waals surface area contributed by atoms with Gasteiger partial charge in [0.2, 0.25) is 5.91 Å². The lowest BCUT2D eigenvalue weighted by molar-refractivity contribution is -0.113. The summed E-state index contributed by atoms with van der Waals surface area (Å²) >= 11 is 1.37. The molecular formula is C20H24N4O2S. The minimum atomic E-state index is -0.0557. The normalized spacial score (nSPS) is 12.1. The quantitative estimate of drug-likeness (QED) is 0.601. The molecule has 142 valence electrons. The fourth-order valence-electron chi connectivity index (χ4n) is 2.87. The lowest BCUT2D eigenvalue weighted by Crippen LogP contribution is -2.16.